The maximum absolute atomic E-state index is 10.3. The lowest BCUT2D eigenvalue weighted by atomic mass is 10.4. The minimum atomic E-state index is -1.71. The van der Waals surface area contributed by atoms with Gasteiger partial charge in [0.1, 0.15) is 0 Å². The lowest BCUT2D eigenvalue weighted by molar-refractivity contribution is -0.153. The van der Waals surface area contributed by atoms with Crippen molar-refractivity contribution in [3.8, 4) is 12.3 Å². The van der Waals surface area contributed by atoms with E-state index in [9.17, 15) is 9.59 Å². The third kappa shape index (κ3) is 2.84. The first kappa shape index (κ1) is 8.66. The fraction of sp³-hybridized carbons (Fsp3) is 0.333. The average molecular weight is 142 g/mol. The molecule has 10 heavy (non-hydrogen) atoms. The first-order valence-electron chi connectivity index (χ1n) is 2.46. The maximum Gasteiger partial charge on any atom is 0.343 e. The van der Waals surface area contributed by atoms with Crippen LogP contribution in [0.2, 0.25) is 0 Å². The molecule has 0 aromatic rings. The minimum Gasteiger partial charge on any atom is -0.450 e. The second-order valence-electron chi connectivity index (χ2n) is 1.39. The van der Waals surface area contributed by atoms with Crippen LogP contribution in [0.5, 0.6) is 0 Å². The summed E-state index contributed by atoms with van der Waals surface area (Å²) in [5.41, 5.74) is 0. The third-order valence-corrected chi connectivity index (χ3v) is 0.668. The Kier molecular flexibility index (Phi) is 3.92. The van der Waals surface area contributed by atoms with E-state index in [4.69, 9.17) is 11.5 Å². The number of aldehydes is 1. The molecule has 4 nitrogen and oxygen atoms in total. The average Bonchev–Trinajstić information content (AvgIpc) is 1.98. The molecule has 0 rings (SSSR count). The Morgan fingerprint density at radius 2 is 2.50 bits per heavy atom. The molecule has 0 heterocycles. The predicted octanol–water partition coefficient (Wildman–Crippen LogP) is -1.28. The van der Waals surface area contributed by atoms with Gasteiger partial charge in [0.2, 0.25) is 6.10 Å². The van der Waals surface area contributed by atoms with Gasteiger partial charge in [-0.05, 0) is 0 Å². The fourth-order valence-electron chi connectivity index (χ4n) is 0.254. The highest BCUT2D eigenvalue weighted by Gasteiger charge is 2.13. The first-order valence-corrected chi connectivity index (χ1v) is 2.46. The van der Waals surface area contributed by atoms with Gasteiger partial charge in [0, 0.05) is 0 Å². The standard InChI is InChI=1S/C6H6O4/c1-2-3-10-6(9)5(8)4-7/h1,4-5,8H,3H2. The van der Waals surface area contributed by atoms with E-state index in [1.54, 1.807) is 0 Å². The molecule has 0 radical (unpaired) electrons. The molecule has 1 N–H and O–H groups in total. The summed E-state index contributed by atoms with van der Waals surface area (Å²) < 4.78 is 4.19. The predicted molar refractivity (Wildman–Crippen MR) is 31.9 cm³/mol. The summed E-state index contributed by atoms with van der Waals surface area (Å²) in [5.74, 6) is 0.987. The number of hydrogen-bond donors (Lipinski definition) is 1. The van der Waals surface area contributed by atoms with Crippen LogP contribution in [-0.4, -0.2) is 30.1 Å². The van der Waals surface area contributed by atoms with Gasteiger partial charge >= 0.3 is 5.97 Å². The number of rotatable bonds is 3. The van der Waals surface area contributed by atoms with Gasteiger partial charge in [-0.1, -0.05) is 5.92 Å². The van der Waals surface area contributed by atoms with Gasteiger partial charge in [0.05, 0.1) is 0 Å². The van der Waals surface area contributed by atoms with E-state index < -0.39 is 12.1 Å². The molecular weight excluding hydrogens is 136 g/mol. The van der Waals surface area contributed by atoms with Crippen LogP contribution in [0.15, 0.2) is 0 Å². The van der Waals surface area contributed by atoms with Gasteiger partial charge in [-0.15, -0.1) is 6.42 Å². The molecule has 4 heteroatoms. The van der Waals surface area contributed by atoms with E-state index in [1.165, 1.54) is 0 Å². The monoisotopic (exact) mass is 142 g/mol. The van der Waals surface area contributed by atoms with Crippen LogP contribution in [0.4, 0.5) is 0 Å². The first-order chi connectivity index (χ1) is 4.72. The molecule has 0 aromatic heterocycles. The Balaban J connectivity index is 3.64. The largest absolute Gasteiger partial charge is 0.450 e. The Hall–Kier alpha value is -1.34. The normalized spacial score (nSPS) is 11.2. The number of carbonyl (C=O) groups is 2. The zero-order chi connectivity index (χ0) is 7.98. The molecule has 0 fully saturated rings. The van der Waals surface area contributed by atoms with Crippen LogP contribution in [-0.2, 0) is 14.3 Å². The Morgan fingerprint density at radius 3 is 2.90 bits per heavy atom. The summed E-state index contributed by atoms with van der Waals surface area (Å²) in [4.78, 5) is 20.0. The van der Waals surface area contributed by atoms with Crippen LogP contribution < -0.4 is 0 Å². The van der Waals surface area contributed by atoms with Gasteiger partial charge < -0.3 is 9.84 Å². The lowest BCUT2D eigenvalue weighted by Gasteiger charge is -1.99. The number of hydrogen-bond acceptors (Lipinski definition) is 4. The zero-order valence-electron chi connectivity index (χ0n) is 5.11. The van der Waals surface area contributed by atoms with E-state index in [-0.39, 0.29) is 12.9 Å². The number of terminal acetylenes is 1. The number of ether oxygens (including phenoxy) is 1. The highest BCUT2D eigenvalue weighted by atomic mass is 16.5. The maximum atomic E-state index is 10.3. The van der Waals surface area contributed by atoms with Crippen molar-refractivity contribution in [3.63, 3.8) is 0 Å². The molecule has 0 saturated heterocycles. The molecule has 1 unspecified atom stereocenters. The van der Waals surface area contributed by atoms with Crippen LogP contribution >= 0.6 is 0 Å². The van der Waals surface area contributed by atoms with Crippen molar-refractivity contribution in [2.45, 2.75) is 6.10 Å². The summed E-state index contributed by atoms with van der Waals surface area (Å²) in [6, 6.07) is 0. The van der Waals surface area contributed by atoms with Crippen LogP contribution in [0, 0.1) is 12.3 Å². The molecule has 0 bridgehead atoms. The second-order valence-corrected chi connectivity index (χ2v) is 1.39. The Bertz CT molecular complexity index is 167. The van der Waals surface area contributed by atoms with Gasteiger partial charge in [0.15, 0.2) is 12.9 Å². The van der Waals surface area contributed by atoms with E-state index in [0.717, 1.165) is 0 Å². The van der Waals surface area contributed by atoms with Crippen molar-refractivity contribution in [2.75, 3.05) is 6.61 Å². The Morgan fingerprint density at radius 1 is 1.90 bits per heavy atom. The van der Waals surface area contributed by atoms with E-state index in [2.05, 4.69) is 4.74 Å². The summed E-state index contributed by atoms with van der Waals surface area (Å²) in [5, 5.41) is 8.44. The molecule has 54 valence electrons. The number of aliphatic hydroxyl groups excluding tert-OH is 1. The number of aliphatic hydroxyl groups is 1. The third-order valence-electron chi connectivity index (χ3n) is 0.668. The number of esters is 1. The van der Waals surface area contributed by atoms with Crippen molar-refractivity contribution in [3.05, 3.63) is 0 Å². The highest BCUT2D eigenvalue weighted by molar-refractivity contribution is 5.90. The van der Waals surface area contributed by atoms with Crippen LogP contribution in [0.25, 0.3) is 0 Å². The highest BCUT2D eigenvalue weighted by Crippen LogP contribution is 1.82. The topological polar surface area (TPSA) is 63.6 Å². The van der Waals surface area contributed by atoms with Gasteiger partial charge in [-0.2, -0.15) is 0 Å². The van der Waals surface area contributed by atoms with Crippen LogP contribution in [0.1, 0.15) is 0 Å². The smallest absolute Gasteiger partial charge is 0.343 e. The van der Waals surface area contributed by atoms with E-state index >= 15 is 0 Å². The molecular formula is C6H6O4. The Labute approximate surface area is 57.8 Å². The summed E-state index contributed by atoms with van der Waals surface area (Å²) in [6.45, 7) is -0.232. The van der Waals surface area contributed by atoms with Crippen LogP contribution in [0.3, 0.4) is 0 Å². The minimum absolute atomic E-state index is 0.0683. The quantitative estimate of drug-likeness (QED) is 0.231. The molecule has 0 amide bonds. The van der Waals surface area contributed by atoms with E-state index in [0.29, 0.717) is 0 Å². The van der Waals surface area contributed by atoms with Crippen molar-refractivity contribution >= 4 is 12.3 Å². The second kappa shape index (κ2) is 4.53. The van der Waals surface area contributed by atoms with Gasteiger partial charge in [-0.3, -0.25) is 4.79 Å². The molecule has 0 aliphatic heterocycles. The summed E-state index contributed by atoms with van der Waals surface area (Å²) >= 11 is 0. The molecule has 0 aliphatic carbocycles. The van der Waals surface area contributed by atoms with Crippen molar-refractivity contribution in [1.82, 2.24) is 0 Å². The summed E-state index contributed by atoms with van der Waals surface area (Å²) in [7, 11) is 0. The molecule has 0 spiro atoms. The molecule has 0 aliphatic rings. The lowest BCUT2D eigenvalue weighted by Crippen LogP contribution is -2.24. The fourth-order valence-corrected chi connectivity index (χ4v) is 0.254. The van der Waals surface area contributed by atoms with E-state index in [1.807, 2.05) is 5.92 Å². The SMILES string of the molecule is C#CCOC(=O)C(O)C=O. The zero-order valence-corrected chi connectivity index (χ0v) is 5.11. The van der Waals surface area contributed by atoms with Crippen molar-refractivity contribution < 1.29 is 19.4 Å². The van der Waals surface area contributed by atoms with Crippen molar-refractivity contribution in [1.29, 1.82) is 0 Å². The van der Waals surface area contributed by atoms with Gasteiger partial charge in [-0.25, -0.2) is 4.79 Å². The number of carbonyl (C=O) groups excluding carboxylic acids is 2. The molecule has 1 atom stereocenters. The van der Waals surface area contributed by atoms with Gasteiger partial charge in [0.25, 0.3) is 0 Å². The van der Waals surface area contributed by atoms with Crippen molar-refractivity contribution in [2.24, 2.45) is 0 Å². The summed E-state index contributed by atoms with van der Waals surface area (Å²) in [6.07, 6.45) is 3.08. The molecule has 0 aromatic carbocycles. The molecule has 0 saturated carbocycles.